The molecule has 1 fully saturated rings. The number of methoxy groups -OCH3 is 1. The van der Waals surface area contributed by atoms with Crippen LogP contribution in [0.25, 0.3) is 10.9 Å². The molecule has 9 nitrogen and oxygen atoms in total. The summed E-state index contributed by atoms with van der Waals surface area (Å²) in [6.45, 7) is 2.14. The van der Waals surface area contributed by atoms with Gasteiger partial charge in [0, 0.05) is 48.7 Å². The fourth-order valence-electron chi connectivity index (χ4n) is 4.59. The van der Waals surface area contributed by atoms with Crippen LogP contribution in [-0.4, -0.2) is 48.0 Å². The number of likely N-dealkylation sites (tertiary alicyclic amines) is 1. The smallest absolute Gasteiger partial charge is 0.248 e. The zero-order valence-electron chi connectivity index (χ0n) is 22.8. The largest absolute Gasteiger partial charge is 0.494 e. The van der Waals surface area contributed by atoms with E-state index in [0.29, 0.717) is 50.1 Å². The number of fused-ring (bicyclic) bond motifs is 1. The molecular weight excluding hydrogens is 540 g/mol. The standard InChI is InChI=1S/C31H29ClN6O3/c1-38-11-8-20(9-12-38)13-30(39)37-27-15-24-26(16-29(27)40-2)35-18-21(17-33)31(24)36-22-6-7-28(25(32)14-22)41-19-23-5-3-4-10-34-23/h3-7,10,13-16,18H,8-9,11-12,19H2,1-2H3,(H,35,36)(H,37,39). The maximum atomic E-state index is 12.9. The number of hydrogen-bond acceptors (Lipinski definition) is 8. The predicted molar refractivity (Wildman–Crippen MR) is 160 cm³/mol. The number of carbonyl (C=O) groups excluding carboxylic acids is 1. The molecule has 1 amide bonds. The number of aromatic nitrogens is 2. The summed E-state index contributed by atoms with van der Waals surface area (Å²) >= 11 is 6.53. The van der Waals surface area contributed by atoms with E-state index in [9.17, 15) is 10.1 Å². The molecule has 0 unspecified atom stereocenters. The highest BCUT2D eigenvalue weighted by Gasteiger charge is 2.17. The molecule has 0 atom stereocenters. The third kappa shape index (κ3) is 6.74. The molecule has 1 aliphatic heterocycles. The maximum absolute atomic E-state index is 12.9. The second-order valence-electron chi connectivity index (χ2n) is 9.70. The lowest BCUT2D eigenvalue weighted by Crippen LogP contribution is -2.27. The van der Waals surface area contributed by atoms with Gasteiger partial charge >= 0.3 is 0 Å². The van der Waals surface area contributed by atoms with Gasteiger partial charge in [0.15, 0.2) is 0 Å². The number of nitrogens with zero attached hydrogens (tertiary/aromatic N) is 4. The zero-order chi connectivity index (χ0) is 28.8. The maximum Gasteiger partial charge on any atom is 0.248 e. The third-order valence-corrected chi connectivity index (χ3v) is 7.13. The first-order valence-electron chi connectivity index (χ1n) is 13.1. The van der Waals surface area contributed by atoms with E-state index in [4.69, 9.17) is 21.1 Å². The number of halogens is 1. The molecule has 208 valence electrons. The average Bonchev–Trinajstić information content (AvgIpc) is 2.98. The van der Waals surface area contributed by atoms with Crippen molar-refractivity contribution in [1.29, 1.82) is 5.26 Å². The Morgan fingerprint density at radius 3 is 2.68 bits per heavy atom. The number of amides is 1. The molecule has 41 heavy (non-hydrogen) atoms. The number of benzene rings is 2. The van der Waals surface area contributed by atoms with Crippen LogP contribution in [0.5, 0.6) is 11.5 Å². The number of carbonyl (C=O) groups is 1. The van der Waals surface area contributed by atoms with Gasteiger partial charge in [-0.25, -0.2) is 0 Å². The molecule has 1 saturated heterocycles. The molecule has 4 aromatic rings. The zero-order valence-corrected chi connectivity index (χ0v) is 23.5. The molecule has 0 saturated carbocycles. The first-order valence-corrected chi connectivity index (χ1v) is 13.5. The monoisotopic (exact) mass is 568 g/mol. The quantitative estimate of drug-likeness (QED) is 0.246. The van der Waals surface area contributed by atoms with Crippen LogP contribution in [0.4, 0.5) is 17.1 Å². The third-order valence-electron chi connectivity index (χ3n) is 6.83. The van der Waals surface area contributed by atoms with Crippen LogP contribution < -0.4 is 20.1 Å². The van der Waals surface area contributed by atoms with Crippen molar-refractivity contribution in [3.05, 3.63) is 88.9 Å². The van der Waals surface area contributed by atoms with E-state index in [-0.39, 0.29) is 12.5 Å². The van der Waals surface area contributed by atoms with Crippen LogP contribution in [0, 0.1) is 11.3 Å². The van der Waals surface area contributed by atoms with Crippen LogP contribution in [-0.2, 0) is 11.4 Å². The summed E-state index contributed by atoms with van der Waals surface area (Å²) in [7, 11) is 3.61. The summed E-state index contributed by atoms with van der Waals surface area (Å²) in [5.74, 6) is 0.749. The molecule has 0 bridgehead atoms. The van der Waals surface area contributed by atoms with Gasteiger partial charge in [0.05, 0.1) is 40.3 Å². The molecule has 0 radical (unpaired) electrons. The van der Waals surface area contributed by atoms with E-state index in [1.165, 1.54) is 13.3 Å². The fourth-order valence-corrected chi connectivity index (χ4v) is 4.82. The number of pyridine rings is 2. The average molecular weight is 569 g/mol. The molecule has 2 N–H and O–H groups in total. The lowest BCUT2D eigenvalue weighted by molar-refractivity contribution is -0.112. The van der Waals surface area contributed by atoms with E-state index >= 15 is 0 Å². The van der Waals surface area contributed by atoms with Crippen molar-refractivity contribution in [2.45, 2.75) is 19.4 Å². The van der Waals surface area contributed by atoms with Gasteiger partial charge in [-0.1, -0.05) is 23.2 Å². The Labute approximate surface area is 243 Å². The van der Waals surface area contributed by atoms with Crippen LogP contribution >= 0.6 is 11.6 Å². The Morgan fingerprint density at radius 2 is 1.98 bits per heavy atom. The number of anilines is 3. The summed E-state index contributed by atoms with van der Waals surface area (Å²) in [5.41, 5.74) is 4.48. The first kappa shape index (κ1) is 27.9. The number of hydrogen-bond donors (Lipinski definition) is 2. The molecule has 2 aromatic heterocycles. The summed E-state index contributed by atoms with van der Waals surface area (Å²) in [6, 6.07) is 16.6. The summed E-state index contributed by atoms with van der Waals surface area (Å²) in [5, 5.41) is 17.2. The van der Waals surface area contributed by atoms with Gasteiger partial charge in [0.1, 0.15) is 24.2 Å². The molecule has 1 aliphatic rings. The van der Waals surface area contributed by atoms with Gasteiger partial charge in [-0.15, -0.1) is 0 Å². The minimum atomic E-state index is -0.228. The highest BCUT2D eigenvalue weighted by atomic mass is 35.5. The number of rotatable bonds is 8. The van der Waals surface area contributed by atoms with Gasteiger partial charge in [-0.2, -0.15) is 5.26 Å². The highest BCUT2D eigenvalue weighted by molar-refractivity contribution is 6.32. The van der Waals surface area contributed by atoms with Crippen LogP contribution in [0.15, 0.2) is 72.6 Å². The fraction of sp³-hybridized carbons (Fsp3) is 0.226. The summed E-state index contributed by atoms with van der Waals surface area (Å²) in [4.78, 5) is 23.9. The van der Waals surface area contributed by atoms with Crippen molar-refractivity contribution in [3.63, 3.8) is 0 Å². The van der Waals surface area contributed by atoms with Gasteiger partial charge < -0.3 is 25.0 Å². The van der Waals surface area contributed by atoms with Crippen molar-refractivity contribution in [1.82, 2.24) is 14.9 Å². The molecule has 0 aliphatic carbocycles. The van der Waals surface area contributed by atoms with Gasteiger partial charge in [-0.05, 0) is 56.3 Å². The Kier molecular flexibility index (Phi) is 8.63. The van der Waals surface area contributed by atoms with Crippen molar-refractivity contribution in [3.8, 4) is 17.6 Å². The second kappa shape index (κ2) is 12.7. The minimum Gasteiger partial charge on any atom is -0.494 e. The molecule has 10 heteroatoms. The van der Waals surface area contributed by atoms with E-state index in [1.807, 2.05) is 24.3 Å². The topological polar surface area (TPSA) is 112 Å². The molecule has 5 rings (SSSR count). The number of nitrogens with one attached hydrogen (secondary N) is 2. The lowest BCUT2D eigenvalue weighted by Gasteiger charge is -2.23. The number of ether oxygens (including phenoxy) is 2. The Bertz CT molecular complexity index is 1640. The highest BCUT2D eigenvalue weighted by Crippen LogP contribution is 2.37. The minimum absolute atomic E-state index is 0.228. The molecule has 0 spiro atoms. The van der Waals surface area contributed by atoms with Crippen molar-refractivity contribution in [2.75, 3.05) is 37.9 Å². The lowest BCUT2D eigenvalue weighted by atomic mass is 10.0. The predicted octanol–water partition coefficient (Wildman–Crippen LogP) is 6.08. The molecule has 3 heterocycles. The van der Waals surface area contributed by atoms with Crippen molar-refractivity contribution >= 4 is 45.5 Å². The molecular formula is C31H29ClN6O3. The van der Waals surface area contributed by atoms with E-state index in [0.717, 1.165) is 37.2 Å². The van der Waals surface area contributed by atoms with Gasteiger partial charge in [0.2, 0.25) is 5.91 Å². The summed E-state index contributed by atoms with van der Waals surface area (Å²) in [6.07, 6.45) is 6.59. The van der Waals surface area contributed by atoms with E-state index < -0.39 is 0 Å². The van der Waals surface area contributed by atoms with Crippen LogP contribution in [0.2, 0.25) is 5.02 Å². The van der Waals surface area contributed by atoms with Crippen LogP contribution in [0.1, 0.15) is 24.1 Å². The normalized spacial score (nSPS) is 13.4. The van der Waals surface area contributed by atoms with Crippen molar-refractivity contribution in [2.24, 2.45) is 0 Å². The molecule has 2 aromatic carbocycles. The Morgan fingerprint density at radius 1 is 1.15 bits per heavy atom. The first-order chi connectivity index (χ1) is 19.9. The van der Waals surface area contributed by atoms with Crippen molar-refractivity contribution < 1.29 is 14.3 Å². The van der Waals surface area contributed by atoms with Gasteiger partial charge in [0.25, 0.3) is 0 Å². The summed E-state index contributed by atoms with van der Waals surface area (Å²) < 4.78 is 11.4. The van der Waals surface area contributed by atoms with E-state index in [1.54, 1.807) is 36.5 Å². The SMILES string of the molecule is COc1cc2ncc(C#N)c(Nc3ccc(OCc4ccccn4)c(Cl)c3)c2cc1NC(=O)C=C1CCN(C)CC1. The number of nitriles is 1. The van der Waals surface area contributed by atoms with Gasteiger partial charge in [-0.3, -0.25) is 14.8 Å². The Hall–Kier alpha value is -4.65. The number of piperidine rings is 1. The second-order valence-corrected chi connectivity index (χ2v) is 10.1. The van der Waals surface area contributed by atoms with Crippen LogP contribution in [0.3, 0.4) is 0 Å². The Balaban J connectivity index is 1.42. The van der Waals surface area contributed by atoms with E-state index in [2.05, 4.69) is 38.6 Å².